The van der Waals surface area contributed by atoms with Crippen molar-refractivity contribution in [3.8, 4) is 0 Å². The Hall–Kier alpha value is -1.09. The number of rotatable bonds is 5. The topological polar surface area (TPSA) is 29.9 Å². The van der Waals surface area contributed by atoms with Gasteiger partial charge in [-0.05, 0) is 13.0 Å². The molecule has 13 heavy (non-hydrogen) atoms. The largest absolute Gasteiger partial charge is 0.307 e. The van der Waals surface area contributed by atoms with Crippen molar-refractivity contribution in [1.29, 1.82) is 0 Å². The predicted molar refractivity (Wildman–Crippen MR) is 54.4 cm³/mol. The number of hydrogen-bond donors (Lipinski definition) is 1. The van der Waals surface area contributed by atoms with Crippen molar-refractivity contribution in [2.24, 2.45) is 7.05 Å². The van der Waals surface area contributed by atoms with E-state index in [9.17, 15) is 0 Å². The second-order valence-corrected chi connectivity index (χ2v) is 3.11. The molecule has 0 aliphatic rings. The molecule has 1 heterocycles. The minimum Gasteiger partial charge on any atom is -0.307 e. The first-order chi connectivity index (χ1) is 6.27. The van der Waals surface area contributed by atoms with Crippen LogP contribution < -0.4 is 5.32 Å². The van der Waals surface area contributed by atoms with Gasteiger partial charge in [-0.3, -0.25) is 4.68 Å². The SMILES string of the molecule is C=CC(NCCC)c1cnn(C)c1. The van der Waals surface area contributed by atoms with Crippen LogP contribution in [0.5, 0.6) is 0 Å². The highest BCUT2D eigenvalue weighted by Crippen LogP contribution is 2.11. The number of aryl methyl sites for hydroxylation is 1. The van der Waals surface area contributed by atoms with E-state index in [1.807, 2.05) is 25.5 Å². The van der Waals surface area contributed by atoms with Crippen LogP contribution in [-0.2, 0) is 7.05 Å². The maximum absolute atomic E-state index is 4.12. The molecule has 0 aromatic carbocycles. The number of nitrogens with one attached hydrogen (secondary N) is 1. The van der Waals surface area contributed by atoms with Gasteiger partial charge >= 0.3 is 0 Å². The molecule has 0 aliphatic carbocycles. The van der Waals surface area contributed by atoms with Crippen molar-refractivity contribution < 1.29 is 0 Å². The minimum absolute atomic E-state index is 0.230. The first-order valence-corrected chi connectivity index (χ1v) is 4.62. The Morgan fingerprint density at radius 1 is 1.77 bits per heavy atom. The highest BCUT2D eigenvalue weighted by atomic mass is 15.2. The van der Waals surface area contributed by atoms with Gasteiger partial charge in [0.15, 0.2) is 0 Å². The third kappa shape index (κ3) is 2.70. The van der Waals surface area contributed by atoms with E-state index < -0.39 is 0 Å². The molecule has 3 nitrogen and oxygen atoms in total. The Labute approximate surface area is 79.5 Å². The van der Waals surface area contributed by atoms with Crippen LogP contribution >= 0.6 is 0 Å². The molecule has 1 atom stereocenters. The van der Waals surface area contributed by atoms with Gasteiger partial charge < -0.3 is 5.32 Å². The summed E-state index contributed by atoms with van der Waals surface area (Å²) in [4.78, 5) is 0. The fourth-order valence-electron chi connectivity index (χ4n) is 1.24. The van der Waals surface area contributed by atoms with Gasteiger partial charge in [-0.2, -0.15) is 5.10 Å². The number of nitrogens with zero attached hydrogens (tertiary/aromatic N) is 2. The molecule has 0 amide bonds. The number of hydrogen-bond acceptors (Lipinski definition) is 2. The third-order valence-electron chi connectivity index (χ3n) is 1.93. The molecule has 72 valence electrons. The molecule has 0 bridgehead atoms. The van der Waals surface area contributed by atoms with Crippen LogP contribution in [0.15, 0.2) is 25.0 Å². The van der Waals surface area contributed by atoms with Crippen molar-refractivity contribution >= 4 is 0 Å². The molecular weight excluding hydrogens is 162 g/mol. The molecular formula is C10H17N3. The second-order valence-electron chi connectivity index (χ2n) is 3.11. The highest BCUT2D eigenvalue weighted by Gasteiger charge is 2.06. The summed E-state index contributed by atoms with van der Waals surface area (Å²) in [6, 6.07) is 0.230. The lowest BCUT2D eigenvalue weighted by Gasteiger charge is -2.11. The molecule has 1 aromatic heterocycles. The average molecular weight is 179 g/mol. The van der Waals surface area contributed by atoms with Gasteiger partial charge in [-0.15, -0.1) is 6.58 Å². The first-order valence-electron chi connectivity index (χ1n) is 4.62. The van der Waals surface area contributed by atoms with Crippen molar-refractivity contribution in [2.75, 3.05) is 6.54 Å². The molecule has 0 spiro atoms. The van der Waals surface area contributed by atoms with Crippen molar-refractivity contribution in [3.63, 3.8) is 0 Å². The third-order valence-corrected chi connectivity index (χ3v) is 1.93. The van der Waals surface area contributed by atoms with Gasteiger partial charge in [-0.1, -0.05) is 13.0 Å². The summed E-state index contributed by atoms with van der Waals surface area (Å²) in [5.74, 6) is 0. The van der Waals surface area contributed by atoms with Crippen LogP contribution in [0, 0.1) is 0 Å². The zero-order valence-electron chi connectivity index (χ0n) is 8.33. The Kier molecular flexibility index (Phi) is 3.71. The Balaban J connectivity index is 2.61. The lowest BCUT2D eigenvalue weighted by atomic mass is 10.1. The van der Waals surface area contributed by atoms with Crippen LogP contribution in [0.1, 0.15) is 24.9 Å². The summed E-state index contributed by atoms with van der Waals surface area (Å²) in [5.41, 5.74) is 1.17. The summed E-state index contributed by atoms with van der Waals surface area (Å²) >= 11 is 0. The van der Waals surface area contributed by atoms with Gasteiger partial charge in [0, 0.05) is 18.8 Å². The molecule has 0 aliphatic heterocycles. The molecule has 0 fully saturated rings. The fraction of sp³-hybridized carbons (Fsp3) is 0.500. The molecule has 3 heteroatoms. The van der Waals surface area contributed by atoms with Gasteiger partial charge in [0.2, 0.25) is 0 Å². The Bertz CT molecular complexity index is 265. The van der Waals surface area contributed by atoms with E-state index in [2.05, 4.69) is 23.9 Å². The molecule has 1 rings (SSSR count). The van der Waals surface area contributed by atoms with Crippen molar-refractivity contribution in [1.82, 2.24) is 15.1 Å². The van der Waals surface area contributed by atoms with Crippen LogP contribution in [0.3, 0.4) is 0 Å². The smallest absolute Gasteiger partial charge is 0.0540 e. The molecule has 0 saturated heterocycles. The molecule has 1 N–H and O–H groups in total. The van der Waals surface area contributed by atoms with E-state index in [1.165, 1.54) is 5.56 Å². The quantitative estimate of drug-likeness (QED) is 0.696. The zero-order chi connectivity index (χ0) is 9.68. The minimum atomic E-state index is 0.230. The maximum Gasteiger partial charge on any atom is 0.0540 e. The van der Waals surface area contributed by atoms with Crippen LogP contribution in [0.25, 0.3) is 0 Å². The second kappa shape index (κ2) is 4.82. The fourth-order valence-corrected chi connectivity index (χ4v) is 1.24. The van der Waals surface area contributed by atoms with Gasteiger partial charge in [0.1, 0.15) is 0 Å². The van der Waals surface area contributed by atoms with Crippen molar-refractivity contribution in [2.45, 2.75) is 19.4 Å². The molecule has 1 aromatic rings. The van der Waals surface area contributed by atoms with Gasteiger partial charge in [0.05, 0.1) is 12.2 Å². The van der Waals surface area contributed by atoms with Gasteiger partial charge in [0.25, 0.3) is 0 Å². The monoisotopic (exact) mass is 179 g/mol. The maximum atomic E-state index is 4.12. The van der Waals surface area contributed by atoms with E-state index in [0.717, 1.165) is 13.0 Å². The number of aromatic nitrogens is 2. The van der Waals surface area contributed by atoms with Crippen LogP contribution in [0.2, 0.25) is 0 Å². The van der Waals surface area contributed by atoms with E-state index in [4.69, 9.17) is 0 Å². The first kappa shape index (κ1) is 9.99. The van der Waals surface area contributed by atoms with E-state index in [1.54, 1.807) is 4.68 Å². The zero-order valence-corrected chi connectivity index (χ0v) is 8.33. The van der Waals surface area contributed by atoms with Crippen molar-refractivity contribution in [3.05, 3.63) is 30.6 Å². The summed E-state index contributed by atoms with van der Waals surface area (Å²) in [7, 11) is 1.92. The summed E-state index contributed by atoms with van der Waals surface area (Å²) in [5, 5.41) is 7.50. The average Bonchev–Trinajstić information content (AvgIpc) is 2.54. The summed E-state index contributed by atoms with van der Waals surface area (Å²) < 4.78 is 1.81. The molecule has 1 unspecified atom stereocenters. The Morgan fingerprint density at radius 3 is 3.00 bits per heavy atom. The summed E-state index contributed by atoms with van der Waals surface area (Å²) in [6.45, 7) is 6.95. The highest BCUT2D eigenvalue weighted by molar-refractivity contribution is 5.15. The molecule has 0 radical (unpaired) electrons. The predicted octanol–water partition coefficient (Wildman–Crippen LogP) is 1.65. The summed E-state index contributed by atoms with van der Waals surface area (Å²) in [6.07, 6.45) is 6.92. The normalized spacial score (nSPS) is 12.8. The van der Waals surface area contributed by atoms with E-state index >= 15 is 0 Å². The van der Waals surface area contributed by atoms with Crippen LogP contribution in [0.4, 0.5) is 0 Å². The lowest BCUT2D eigenvalue weighted by molar-refractivity contribution is 0.613. The Morgan fingerprint density at radius 2 is 2.54 bits per heavy atom. The van der Waals surface area contributed by atoms with E-state index in [0.29, 0.717) is 0 Å². The van der Waals surface area contributed by atoms with Gasteiger partial charge in [-0.25, -0.2) is 0 Å². The van der Waals surface area contributed by atoms with E-state index in [-0.39, 0.29) is 6.04 Å². The lowest BCUT2D eigenvalue weighted by Crippen LogP contribution is -2.19. The van der Waals surface area contributed by atoms with Crippen LogP contribution in [-0.4, -0.2) is 16.3 Å². The molecule has 0 saturated carbocycles. The standard InChI is InChI=1S/C10H17N3/c1-4-6-11-10(5-2)9-7-12-13(3)8-9/h5,7-8,10-11H,2,4,6H2,1,3H3.